The minimum absolute atomic E-state index is 0.729. The molecule has 0 saturated carbocycles. The molecule has 0 aliphatic carbocycles. The highest BCUT2D eigenvalue weighted by molar-refractivity contribution is 7.15. The van der Waals surface area contributed by atoms with Crippen LogP contribution in [0.1, 0.15) is 10.4 Å². The molecule has 3 N–H and O–H groups in total. The highest BCUT2D eigenvalue weighted by Crippen LogP contribution is 2.33. The van der Waals surface area contributed by atoms with Crippen molar-refractivity contribution in [2.45, 2.75) is 13.8 Å². The fraction of sp³-hybridized carbons (Fsp3) is 0.250. The van der Waals surface area contributed by atoms with Crippen LogP contribution in [0.5, 0.6) is 5.75 Å². The van der Waals surface area contributed by atoms with Crippen LogP contribution in [-0.2, 0) is 0 Å². The predicted molar refractivity (Wildman–Crippen MR) is 71.4 cm³/mol. The number of aryl methyl sites for hydroxylation is 2. The van der Waals surface area contributed by atoms with Crippen LogP contribution in [0.4, 0.5) is 5.13 Å². The second-order valence-corrected chi connectivity index (χ2v) is 4.95. The monoisotopic (exact) mass is 249 g/mol. The first-order chi connectivity index (χ1) is 8.15. The van der Waals surface area contributed by atoms with Gasteiger partial charge in [-0.15, -0.1) is 11.3 Å². The van der Waals surface area contributed by atoms with E-state index in [1.165, 1.54) is 0 Å². The molecule has 4 nitrogen and oxygen atoms in total. The normalized spacial score (nSPS) is 10.4. The van der Waals surface area contributed by atoms with Gasteiger partial charge in [0, 0.05) is 10.4 Å². The molecule has 2 rings (SSSR count). The van der Waals surface area contributed by atoms with Gasteiger partial charge in [-0.05, 0) is 37.6 Å². The number of methoxy groups -OCH3 is 1. The van der Waals surface area contributed by atoms with E-state index in [-0.39, 0.29) is 0 Å². The van der Waals surface area contributed by atoms with Crippen molar-refractivity contribution in [3.05, 3.63) is 28.6 Å². The number of hydrazine groups is 1. The van der Waals surface area contributed by atoms with E-state index < -0.39 is 0 Å². The SMILES string of the molecule is COc1ccc(-c2nc(NN)sc2C)c(C)c1. The van der Waals surface area contributed by atoms with E-state index in [2.05, 4.69) is 10.4 Å². The zero-order valence-corrected chi connectivity index (χ0v) is 10.9. The summed E-state index contributed by atoms with van der Waals surface area (Å²) in [5, 5.41) is 0.729. The number of anilines is 1. The average Bonchev–Trinajstić information content (AvgIpc) is 2.70. The van der Waals surface area contributed by atoms with Gasteiger partial charge >= 0.3 is 0 Å². The summed E-state index contributed by atoms with van der Waals surface area (Å²) in [6.45, 7) is 4.09. The van der Waals surface area contributed by atoms with E-state index in [1.807, 2.05) is 32.0 Å². The minimum atomic E-state index is 0.729. The average molecular weight is 249 g/mol. The fourth-order valence-electron chi connectivity index (χ4n) is 1.74. The molecule has 0 aliphatic rings. The second kappa shape index (κ2) is 4.73. The van der Waals surface area contributed by atoms with Gasteiger partial charge in [-0.25, -0.2) is 10.8 Å². The Balaban J connectivity index is 2.48. The summed E-state index contributed by atoms with van der Waals surface area (Å²) in [4.78, 5) is 5.60. The summed E-state index contributed by atoms with van der Waals surface area (Å²) in [5.41, 5.74) is 5.81. The fourth-order valence-corrected chi connectivity index (χ4v) is 2.48. The number of aromatic nitrogens is 1. The maximum atomic E-state index is 5.37. The van der Waals surface area contributed by atoms with Crippen molar-refractivity contribution >= 4 is 16.5 Å². The number of nitrogens with two attached hydrogens (primary N) is 1. The third-order valence-corrected chi connectivity index (χ3v) is 3.51. The van der Waals surface area contributed by atoms with Gasteiger partial charge in [-0.1, -0.05) is 0 Å². The van der Waals surface area contributed by atoms with Crippen LogP contribution in [0.15, 0.2) is 18.2 Å². The number of thiazole rings is 1. The van der Waals surface area contributed by atoms with Crippen LogP contribution < -0.4 is 16.0 Å². The van der Waals surface area contributed by atoms with E-state index in [4.69, 9.17) is 10.6 Å². The largest absolute Gasteiger partial charge is 0.497 e. The molecule has 5 heteroatoms. The number of nitrogens with one attached hydrogen (secondary N) is 1. The van der Waals surface area contributed by atoms with Gasteiger partial charge in [0.05, 0.1) is 12.8 Å². The van der Waals surface area contributed by atoms with Crippen LogP contribution in [0.3, 0.4) is 0 Å². The summed E-state index contributed by atoms with van der Waals surface area (Å²) in [6.07, 6.45) is 0. The van der Waals surface area contributed by atoms with Crippen molar-refractivity contribution in [2.75, 3.05) is 12.5 Å². The zero-order chi connectivity index (χ0) is 12.4. The van der Waals surface area contributed by atoms with Crippen LogP contribution >= 0.6 is 11.3 Å². The van der Waals surface area contributed by atoms with Gasteiger partial charge in [0.25, 0.3) is 0 Å². The van der Waals surface area contributed by atoms with Gasteiger partial charge in [-0.2, -0.15) is 0 Å². The highest BCUT2D eigenvalue weighted by Gasteiger charge is 2.11. The maximum Gasteiger partial charge on any atom is 0.197 e. The molecule has 0 aliphatic heterocycles. The Morgan fingerprint density at radius 1 is 1.35 bits per heavy atom. The molecular weight excluding hydrogens is 234 g/mol. The summed E-state index contributed by atoms with van der Waals surface area (Å²) >= 11 is 1.55. The Bertz CT molecular complexity index is 537. The molecule has 0 unspecified atom stereocenters. The molecule has 0 atom stereocenters. The topological polar surface area (TPSA) is 60.2 Å². The molecule has 1 heterocycles. The van der Waals surface area contributed by atoms with Gasteiger partial charge in [0.1, 0.15) is 5.75 Å². The molecule has 17 heavy (non-hydrogen) atoms. The lowest BCUT2D eigenvalue weighted by Crippen LogP contribution is -2.05. The standard InChI is InChI=1S/C12H15N3OS/c1-7-6-9(16-3)4-5-10(7)11-8(2)17-12(14-11)15-13/h4-6H,13H2,1-3H3,(H,14,15). The number of rotatable bonds is 3. The van der Waals surface area contributed by atoms with Crippen molar-refractivity contribution in [3.63, 3.8) is 0 Å². The van der Waals surface area contributed by atoms with E-state index >= 15 is 0 Å². The molecule has 0 bridgehead atoms. The number of ether oxygens (including phenoxy) is 1. The van der Waals surface area contributed by atoms with Crippen molar-refractivity contribution in [1.29, 1.82) is 0 Å². The van der Waals surface area contributed by atoms with E-state index in [9.17, 15) is 0 Å². The summed E-state index contributed by atoms with van der Waals surface area (Å²) in [6, 6.07) is 5.97. The first-order valence-electron chi connectivity index (χ1n) is 5.24. The molecule has 90 valence electrons. The van der Waals surface area contributed by atoms with E-state index in [0.29, 0.717) is 0 Å². The third kappa shape index (κ3) is 2.25. The Labute approximate surface area is 104 Å². The lowest BCUT2D eigenvalue weighted by atomic mass is 10.0. The lowest BCUT2D eigenvalue weighted by molar-refractivity contribution is 0.414. The first-order valence-corrected chi connectivity index (χ1v) is 6.06. The van der Waals surface area contributed by atoms with Crippen LogP contribution in [0.25, 0.3) is 11.3 Å². The molecule has 2 aromatic rings. The molecule has 0 fully saturated rings. The van der Waals surface area contributed by atoms with Crippen molar-refractivity contribution in [3.8, 4) is 17.0 Å². The van der Waals surface area contributed by atoms with Crippen LogP contribution in [-0.4, -0.2) is 12.1 Å². The summed E-state index contributed by atoms with van der Waals surface area (Å²) < 4.78 is 5.19. The van der Waals surface area contributed by atoms with E-state index in [0.717, 1.165) is 32.6 Å². The molecular formula is C12H15N3OS. The smallest absolute Gasteiger partial charge is 0.197 e. The lowest BCUT2D eigenvalue weighted by Gasteiger charge is -2.06. The molecule has 0 spiro atoms. The van der Waals surface area contributed by atoms with Gasteiger partial charge in [0.2, 0.25) is 0 Å². The number of benzene rings is 1. The first kappa shape index (κ1) is 11.9. The number of nitrogen functional groups attached to an aromatic ring is 1. The van der Waals surface area contributed by atoms with Gasteiger partial charge in [-0.3, -0.25) is 5.43 Å². The number of hydrogen-bond donors (Lipinski definition) is 2. The van der Waals surface area contributed by atoms with Crippen molar-refractivity contribution < 1.29 is 4.74 Å². The quantitative estimate of drug-likeness (QED) is 0.648. The molecule has 0 radical (unpaired) electrons. The van der Waals surface area contributed by atoms with Crippen LogP contribution in [0, 0.1) is 13.8 Å². The molecule has 0 saturated heterocycles. The second-order valence-electron chi connectivity index (χ2n) is 3.75. The highest BCUT2D eigenvalue weighted by atomic mass is 32.1. The van der Waals surface area contributed by atoms with Gasteiger partial charge < -0.3 is 4.74 Å². The Kier molecular flexibility index (Phi) is 3.31. The Morgan fingerprint density at radius 3 is 2.65 bits per heavy atom. The number of hydrogen-bond acceptors (Lipinski definition) is 5. The number of nitrogens with zero attached hydrogens (tertiary/aromatic N) is 1. The minimum Gasteiger partial charge on any atom is -0.497 e. The zero-order valence-electron chi connectivity index (χ0n) is 10.1. The van der Waals surface area contributed by atoms with Crippen LogP contribution in [0.2, 0.25) is 0 Å². The molecule has 1 aromatic heterocycles. The van der Waals surface area contributed by atoms with Crippen molar-refractivity contribution in [2.24, 2.45) is 5.84 Å². The predicted octanol–water partition coefficient (Wildman–Crippen LogP) is 2.72. The Morgan fingerprint density at radius 2 is 2.12 bits per heavy atom. The third-order valence-electron chi connectivity index (χ3n) is 2.61. The summed E-state index contributed by atoms with van der Waals surface area (Å²) in [7, 11) is 1.67. The summed E-state index contributed by atoms with van der Waals surface area (Å²) in [5.74, 6) is 6.23. The maximum absolute atomic E-state index is 5.37. The van der Waals surface area contributed by atoms with E-state index in [1.54, 1.807) is 18.4 Å². The molecule has 0 amide bonds. The van der Waals surface area contributed by atoms with Crippen molar-refractivity contribution in [1.82, 2.24) is 4.98 Å². The van der Waals surface area contributed by atoms with Gasteiger partial charge in [0.15, 0.2) is 5.13 Å². The molecule has 1 aromatic carbocycles. The Hall–Kier alpha value is -1.59.